The second-order valence-corrected chi connectivity index (χ2v) is 5.48. The molecule has 21 heavy (non-hydrogen) atoms. The lowest BCUT2D eigenvalue weighted by atomic mass is 10.1. The maximum Gasteiger partial charge on any atom is 0.407 e. The monoisotopic (exact) mass is 296 g/mol. The van der Waals surface area contributed by atoms with Crippen molar-refractivity contribution in [3.8, 4) is 0 Å². The van der Waals surface area contributed by atoms with Crippen LogP contribution in [0.3, 0.4) is 0 Å². The van der Waals surface area contributed by atoms with E-state index in [2.05, 4.69) is 10.6 Å². The van der Waals surface area contributed by atoms with Gasteiger partial charge in [0.1, 0.15) is 12.3 Å². The maximum atomic E-state index is 12.7. The molecule has 0 bridgehead atoms. The van der Waals surface area contributed by atoms with E-state index in [1.165, 1.54) is 0 Å². The van der Waals surface area contributed by atoms with Crippen LogP contribution >= 0.6 is 0 Å². The fourth-order valence-corrected chi connectivity index (χ4v) is 1.61. The summed E-state index contributed by atoms with van der Waals surface area (Å²) in [4.78, 5) is 23.3. The van der Waals surface area contributed by atoms with Crippen molar-refractivity contribution in [2.24, 2.45) is 0 Å². The average molecular weight is 296 g/mol. The van der Waals surface area contributed by atoms with E-state index in [1.807, 2.05) is 0 Å². The summed E-state index contributed by atoms with van der Waals surface area (Å²) in [5, 5.41) is 5.14. The second-order valence-electron chi connectivity index (χ2n) is 5.48. The Balaban J connectivity index is 2.36. The molecule has 0 fully saturated rings. The molecule has 0 saturated heterocycles. The number of hydrogen-bond donors (Lipinski definition) is 2. The van der Waals surface area contributed by atoms with Crippen molar-refractivity contribution in [2.45, 2.75) is 33.0 Å². The van der Waals surface area contributed by atoms with E-state index >= 15 is 0 Å². The summed E-state index contributed by atoms with van der Waals surface area (Å²) in [6.45, 7) is 5.07. The summed E-state index contributed by atoms with van der Waals surface area (Å²) < 4.78 is 17.8. The van der Waals surface area contributed by atoms with Gasteiger partial charge in [-0.05, 0) is 32.4 Å². The van der Waals surface area contributed by atoms with E-state index in [1.54, 1.807) is 45.0 Å². The van der Waals surface area contributed by atoms with Gasteiger partial charge in [-0.25, -0.2) is 9.18 Å². The Morgan fingerprint density at radius 3 is 2.38 bits per heavy atom. The number of benzene rings is 1. The van der Waals surface area contributed by atoms with Crippen LogP contribution in [0.15, 0.2) is 24.3 Å². The van der Waals surface area contributed by atoms with Gasteiger partial charge in [0, 0.05) is 18.7 Å². The first-order valence-corrected chi connectivity index (χ1v) is 6.72. The summed E-state index contributed by atoms with van der Waals surface area (Å²) in [6.07, 6.45) is -0.541. The molecule has 0 saturated carbocycles. The lowest BCUT2D eigenvalue weighted by Crippen LogP contribution is -2.38. The first kappa shape index (κ1) is 16.9. The average Bonchev–Trinajstić information content (AvgIpc) is 2.41. The quantitative estimate of drug-likeness (QED) is 0.820. The van der Waals surface area contributed by atoms with Gasteiger partial charge in [-0.1, -0.05) is 18.2 Å². The molecule has 0 spiro atoms. The van der Waals surface area contributed by atoms with Crippen LogP contribution in [-0.4, -0.2) is 30.7 Å². The Morgan fingerprint density at radius 2 is 1.76 bits per heavy atom. The third kappa shape index (κ3) is 6.25. The van der Waals surface area contributed by atoms with E-state index in [0.717, 1.165) is 0 Å². The number of hydrogen-bond acceptors (Lipinski definition) is 3. The number of nitrogens with one attached hydrogen (secondary N) is 2. The van der Waals surface area contributed by atoms with E-state index in [9.17, 15) is 14.0 Å². The number of halogens is 1. The molecule has 0 radical (unpaired) electrons. The van der Waals surface area contributed by atoms with Crippen LogP contribution in [0.5, 0.6) is 0 Å². The van der Waals surface area contributed by atoms with E-state index in [4.69, 9.17) is 4.74 Å². The summed E-state index contributed by atoms with van der Waals surface area (Å²) in [6, 6.07) is 6.47. The highest BCUT2D eigenvalue weighted by molar-refractivity contribution is 5.95. The Kier molecular flexibility index (Phi) is 6.14. The number of carbonyl (C=O) groups excluding carboxylic acids is 2. The van der Waals surface area contributed by atoms with Crippen molar-refractivity contribution in [2.75, 3.05) is 13.1 Å². The zero-order valence-corrected chi connectivity index (χ0v) is 12.5. The van der Waals surface area contributed by atoms with Gasteiger partial charge >= 0.3 is 6.09 Å². The van der Waals surface area contributed by atoms with Gasteiger partial charge in [-0.2, -0.15) is 0 Å². The van der Waals surface area contributed by atoms with Crippen LogP contribution in [0.25, 0.3) is 0 Å². The lowest BCUT2D eigenvalue weighted by molar-refractivity contribution is 0.0526. The van der Waals surface area contributed by atoms with Crippen LogP contribution in [0.2, 0.25) is 0 Å². The lowest BCUT2D eigenvalue weighted by Gasteiger charge is -2.19. The SMILES string of the molecule is CC(C)(C)OC(=O)NCCNC(=O)c1ccccc1CF. The number of carbonyl (C=O) groups is 2. The summed E-state index contributed by atoms with van der Waals surface area (Å²) in [7, 11) is 0. The predicted octanol–water partition coefficient (Wildman–Crippen LogP) is 2.41. The van der Waals surface area contributed by atoms with Crippen LogP contribution in [-0.2, 0) is 11.4 Å². The molecule has 116 valence electrons. The minimum atomic E-state index is -0.695. The third-order valence-corrected chi connectivity index (χ3v) is 2.48. The van der Waals surface area contributed by atoms with Crippen LogP contribution in [0.4, 0.5) is 9.18 Å². The molecule has 1 rings (SSSR count). The molecule has 1 aromatic rings. The first-order valence-electron chi connectivity index (χ1n) is 6.72. The number of alkyl carbamates (subject to hydrolysis) is 1. The molecule has 0 atom stereocenters. The highest BCUT2D eigenvalue weighted by Crippen LogP contribution is 2.09. The third-order valence-electron chi connectivity index (χ3n) is 2.48. The van der Waals surface area contributed by atoms with Gasteiger partial charge < -0.3 is 15.4 Å². The van der Waals surface area contributed by atoms with E-state index in [-0.39, 0.29) is 19.0 Å². The number of ether oxygens (including phenoxy) is 1. The fraction of sp³-hybridized carbons (Fsp3) is 0.467. The first-order chi connectivity index (χ1) is 9.83. The van der Waals surface area contributed by atoms with Gasteiger partial charge in [-0.3, -0.25) is 4.79 Å². The maximum absolute atomic E-state index is 12.7. The fourth-order valence-electron chi connectivity index (χ4n) is 1.61. The number of alkyl halides is 1. The molecule has 2 N–H and O–H groups in total. The largest absolute Gasteiger partial charge is 0.444 e. The predicted molar refractivity (Wildman–Crippen MR) is 77.8 cm³/mol. The summed E-state index contributed by atoms with van der Waals surface area (Å²) in [5.41, 5.74) is 0.0836. The van der Waals surface area contributed by atoms with Crippen LogP contribution < -0.4 is 10.6 Å². The van der Waals surface area contributed by atoms with Crippen molar-refractivity contribution < 1.29 is 18.7 Å². The van der Waals surface area contributed by atoms with Crippen LogP contribution in [0.1, 0.15) is 36.7 Å². The van der Waals surface area contributed by atoms with Crippen molar-refractivity contribution in [3.63, 3.8) is 0 Å². The minimum Gasteiger partial charge on any atom is -0.444 e. The zero-order valence-electron chi connectivity index (χ0n) is 12.5. The van der Waals surface area contributed by atoms with Gasteiger partial charge in [0.05, 0.1) is 0 Å². The topological polar surface area (TPSA) is 67.4 Å². The normalized spacial score (nSPS) is 10.9. The Morgan fingerprint density at radius 1 is 1.14 bits per heavy atom. The molecule has 2 amide bonds. The summed E-state index contributed by atoms with van der Waals surface area (Å²) >= 11 is 0. The Hall–Kier alpha value is -2.11. The summed E-state index contributed by atoms with van der Waals surface area (Å²) in [5.74, 6) is -0.366. The molecule has 1 aromatic carbocycles. The standard InChI is InChI=1S/C15H21FN2O3/c1-15(2,3)21-14(20)18-9-8-17-13(19)12-7-5-4-6-11(12)10-16/h4-7H,8-10H2,1-3H3,(H,17,19)(H,18,20). The molecular formula is C15H21FN2O3. The minimum absolute atomic E-state index is 0.235. The van der Waals surface area contributed by atoms with Crippen molar-refractivity contribution >= 4 is 12.0 Å². The molecule has 0 aliphatic rings. The number of amides is 2. The highest BCUT2D eigenvalue weighted by atomic mass is 19.1. The number of rotatable bonds is 5. The van der Waals surface area contributed by atoms with E-state index in [0.29, 0.717) is 11.1 Å². The molecule has 0 heterocycles. The van der Waals surface area contributed by atoms with Crippen molar-refractivity contribution in [1.82, 2.24) is 10.6 Å². The molecule has 0 aliphatic heterocycles. The second kappa shape index (κ2) is 7.61. The molecule has 0 aliphatic carbocycles. The smallest absolute Gasteiger partial charge is 0.407 e. The zero-order chi connectivity index (χ0) is 15.9. The van der Waals surface area contributed by atoms with Crippen molar-refractivity contribution in [3.05, 3.63) is 35.4 Å². The Bertz CT molecular complexity index is 498. The molecule has 5 nitrogen and oxygen atoms in total. The van der Waals surface area contributed by atoms with Crippen molar-refractivity contribution in [1.29, 1.82) is 0 Å². The molecular weight excluding hydrogens is 275 g/mol. The van der Waals surface area contributed by atoms with Gasteiger partial charge in [0.25, 0.3) is 5.91 Å². The molecule has 0 unspecified atom stereocenters. The van der Waals surface area contributed by atoms with Gasteiger partial charge in [0.15, 0.2) is 0 Å². The van der Waals surface area contributed by atoms with Gasteiger partial charge in [-0.15, -0.1) is 0 Å². The molecule has 0 aromatic heterocycles. The molecule has 6 heteroatoms. The Labute approximate surface area is 123 Å². The van der Waals surface area contributed by atoms with E-state index < -0.39 is 18.4 Å². The van der Waals surface area contributed by atoms with Gasteiger partial charge in [0.2, 0.25) is 0 Å². The highest BCUT2D eigenvalue weighted by Gasteiger charge is 2.15. The van der Waals surface area contributed by atoms with Crippen LogP contribution in [0, 0.1) is 0 Å².